The highest BCUT2D eigenvalue weighted by Gasteiger charge is 2.22. The second-order valence-corrected chi connectivity index (χ2v) is 5.99. The monoisotopic (exact) mass is 337 g/mol. The van der Waals surface area contributed by atoms with Gasteiger partial charge in [-0.05, 0) is 29.8 Å². The van der Waals surface area contributed by atoms with Crippen molar-refractivity contribution in [3.05, 3.63) is 60.4 Å². The van der Waals surface area contributed by atoms with Crippen molar-refractivity contribution in [1.29, 1.82) is 0 Å². The second-order valence-electron chi connectivity index (χ2n) is 5.99. The van der Waals surface area contributed by atoms with E-state index in [4.69, 9.17) is 9.47 Å². The van der Waals surface area contributed by atoms with E-state index in [9.17, 15) is 4.79 Å². The minimum Gasteiger partial charge on any atom is -0.376 e. The summed E-state index contributed by atoms with van der Waals surface area (Å²) in [5.74, 6) is -0.176. The molecule has 1 unspecified atom stereocenters. The first-order valence-corrected chi connectivity index (χ1v) is 8.28. The number of ether oxygens (including phenoxy) is 2. The molecule has 0 aliphatic carbocycles. The van der Waals surface area contributed by atoms with E-state index in [0.717, 1.165) is 22.3 Å². The van der Waals surface area contributed by atoms with Gasteiger partial charge in [0.2, 0.25) is 0 Å². The van der Waals surface area contributed by atoms with Gasteiger partial charge in [-0.15, -0.1) is 0 Å². The summed E-state index contributed by atoms with van der Waals surface area (Å²) in [6.45, 7) is 1.98. The van der Waals surface area contributed by atoms with E-state index < -0.39 is 6.10 Å². The third-order valence-corrected chi connectivity index (χ3v) is 4.18. The Morgan fingerprint density at radius 1 is 1.20 bits per heavy atom. The van der Waals surface area contributed by atoms with Crippen LogP contribution in [0, 0.1) is 0 Å². The molecular formula is C19H19N3O3. The molecule has 128 valence electrons. The Kier molecular flexibility index (Phi) is 4.45. The van der Waals surface area contributed by atoms with E-state index >= 15 is 0 Å². The van der Waals surface area contributed by atoms with Crippen LogP contribution in [0.2, 0.25) is 0 Å². The van der Waals surface area contributed by atoms with Crippen molar-refractivity contribution >= 4 is 22.6 Å². The van der Waals surface area contributed by atoms with Crippen LogP contribution >= 0.6 is 0 Å². The van der Waals surface area contributed by atoms with Crippen LogP contribution in [-0.2, 0) is 20.8 Å². The van der Waals surface area contributed by atoms with Gasteiger partial charge in [0.25, 0.3) is 5.91 Å². The molecule has 1 aliphatic rings. The first-order chi connectivity index (χ1) is 12.3. The van der Waals surface area contributed by atoms with Crippen molar-refractivity contribution in [2.24, 2.45) is 0 Å². The van der Waals surface area contributed by atoms with Gasteiger partial charge in [-0.25, -0.2) is 4.98 Å². The Bertz CT molecular complexity index is 884. The number of aromatic nitrogens is 2. The molecule has 0 saturated carbocycles. The first-order valence-electron chi connectivity index (χ1n) is 8.28. The zero-order valence-electron chi connectivity index (χ0n) is 13.7. The summed E-state index contributed by atoms with van der Waals surface area (Å²) < 4.78 is 12.8. The number of nitrogens with one attached hydrogen (secondary N) is 1. The van der Waals surface area contributed by atoms with E-state index in [1.165, 1.54) is 0 Å². The van der Waals surface area contributed by atoms with Crippen LogP contribution < -0.4 is 5.32 Å². The Balaban J connectivity index is 1.48. The van der Waals surface area contributed by atoms with Crippen molar-refractivity contribution in [2.45, 2.75) is 12.6 Å². The molecule has 1 aromatic heterocycles. The van der Waals surface area contributed by atoms with E-state index in [1.807, 2.05) is 54.9 Å². The zero-order valence-corrected chi connectivity index (χ0v) is 13.7. The lowest BCUT2D eigenvalue weighted by atomic mass is 10.2. The number of fused-ring (bicyclic) bond motifs is 1. The van der Waals surface area contributed by atoms with Crippen molar-refractivity contribution in [3.63, 3.8) is 0 Å². The maximum atomic E-state index is 12.2. The topological polar surface area (TPSA) is 65.4 Å². The zero-order chi connectivity index (χ0) is 17.1. The molecule has 1 N–H and O–H groups in total. The fraction of sp³-hybridized carbons (Fsp3) is 0.263. The molecule has 3 aromatic rings. The molecule has 1 fully saturated rings. The summed E-state index contributed by atoms with van der Waals surface area (Å²) in [7, 11) is 0. The van der Waals surface area contributed by atoms with Crippen molar-refractivity contribution in [1.82, 2.24) is 9.55 Å². The van der Waals surface area contributed by atoms with Gasteiger partial charge in [0.05, 0.1) is 37.2 Å². The highest BCUT2D eigenvalue weighted by atomic mass is 16.6. The number of benzene rings is 2. The predicted molar refractivity (Wildman–Crippen MR) is 94.5 cm³/mol. The molecule has 1 atom stereocenters. The lowest BCUT2D eigenvalue weighted by Crippen LogP contribution is -2.39. The van der Waals surface area contributed by atoms with Crippen LogP contribution in [0.1, 0.15) is 5.56 Å². The molecule has 1 amide bonds. The van der Waals surface area contributed by atoms with Gasteiger partial charge in [0, 0.05) is 12.2 Å². The van der Waals surface area contributed by atoms with Crippen LogP contribution in [0.5, 0.6) is 0 Å². The Hall–Kier alpha value is -2.70. The lowest BCUT2D eigenvalue weighted by molar-refractivity contribution is -0.142. The third-order valence-electron chi connectivity index (χ3n) is 4.18. The molecule has 2 aromatic carbocycles. The highest BCUT2D eigenvalue weighted by Crippen LogP contribution is 2.17. The van der Waals surface area contributed by atoms with E-state index in [2.05, 4.69) is 14.9 Å². The molecule has 6 heteroatoms. The van der Waals surface area contributed by atoms with Crippen LogP contribution in [0.15, 0.2) is 54.9 Å². The van der Waals surface area contributed by atoms with Gasteiger partial charge in [-0.2, -0.15) is 0 Å². The Morgan fingerprint density at radius 3 is 3.00 bits per heavy atom. The molecule has 0 spiro atoms. The molecule has 2 heterocycles. The van der Waals surface area contributed by atoms with Crippen LogP contribution in [0.25, 0.3) is 11.0 Å². The average Bonchev–Trinajstić information content (AvgIpc) is 3.06. The quantitative estimate of drug-likeness (QED) is 0.794. The fourth-order valence-electron chi connectivity index (χ4n) is 2.94. The molecular weight excluding hydrogens is 318 g/mol. The van der Waals surface area contributed by atoms with Crippen molar-refractivity contribution in [2.75, 3.05) is 25.1 Å². The van der Waals surface area contributed by atoms with Crippen LogP contribution in [0.3, 0.4) is 0 Å². The Morgan fingerprint density at radius 2 is 2.12 bits per heavy atom. The number of imidazole rings is 1. The molecule has 4 rings (SSSR count). The number of anilines is 1. The van der Waals surface area contributed by atoms with Gasteiger partial charge < -0.3 is 19.4 Å². The van der Waals surface area contributed by atoms with Crippen LogP contribution in [-0.4, -0.2) is 41.4 Å². The van der Waals surface area contributed by atoms with Crippen LogP contribution in [0.4, 0.5) is 5.69 Å². The lowest BCUT2D eigenvalue weighted by Gasteiger charge is -2.22. The molecule has 25 heavy (non-hydrogen) atoms. The second kappa shape index (κ2) is 7.04. The average molecular weight is 337 g/mol. The van der Waals surface area contributed by atoms with Gasteiger partial charge in [0.1, 0.15) is 0 Å². The number of hydrogen-bond donors (Lipinski definition) is 1. The van der Waals surface area contributed by atoms with E-state index in [-0.39, 0.29) is 5.91 Å². The summed E-state index contributed by atoms with van der Waals surface area (Å²) in [5.41, 5.74) is 3.90. The normalized spacial score (nSPS) is 17.5. The van der Waals surface area contributed by atoms with Crippen molar-refractivity contribution in [3.8, 4) is 0 Å². The number of hydrogen-bond acceptors (Lipinski definition) is 4. The molecule has 0 radical (unpaired) electrons. The molecule has 1 saturated heterocycles. The first kappa shape index (κ1) is 15.8. The highest BCUT2D eigenvalue weighted by molar-refractivity contribution is 5.94. The molecule has 6 nitrogen and oxygen atoms in total. The van der Waals surface area contributed by atoms with Gasteiger partial charge >= 0.3 is 0 Å². The van der Waals surface area contributed by atoms with Gasteiger partial charge in [-0.3, -0.25) is 4.79 Å². The van der Waals surface area contributed by atoms with Gasteiger partial charge in [0.15, 0.2) is 6.10 Å². The number of nitrogens with zero attached hydrogens (tertiary/aromatic N) is 2. The standard InChI is InChI=1S/C19H19N3O3/c23-19(18-12-24-8-9-25-18)21-15-5-3-4-14(10-15)11-22-13-20-16-6-1-2-7-17(16)22/h1-7,10,13,18H,8-9,11-12H2,(H,21,23). The number of rotatable bonds is 4. The molecule has 0 bridgehead atoms. The number of para-hydroxylation sites is 2. The smallest absolute Gasteiger partial charge is 0.255 e. The minimum atomic E-state index is -0.546. The number of carbonyl (C=O) groups is 1. The third kappa shape index (κ3) is 3.55. The summed E-state index contributed by atoms with van der Waals surface area (Å²) in [5, 5.41) is 2.90. The number of carbonyl (C=O) groups excluding carboxylic acids is 1. The summed E-state index contributed by atoms with van der Waals surface area (Å²) in [6, 6.07) is 15.8. The Labute approximate surface area is 145 Å². The van der Waals surface area contributed by atoms with E-state index in [0.29, 0.717) is 26.4 Å². The summed E-state index contributed by atoms with van der Waals surface area (Å²) >= 11 is 0. The predicted octanol–water partition coefficient (Wildman–Crippen LogP) is 2.44. The molecule has 1 aliphatic heterocycles. The maximum absolute atomic E-state index is 12.2. The summed E-state index contributed by atoms with van der Waals surface area (Å²) in [4.78, 5) is 16.6. The largest absolute Gasteiger partial charge is 0.376 e. The fourth-order valence-corrected chi connectivity index (χ4v) is 2.94. The van der Waals surface area contributed by atoms with Crippen molar-refractivity contribution < 1.29 is 14.3 Å². The van der Waals surface area contributed by atoms with E-state index in [1.54, 1.807) is 0 Å². The summed E-state index contributed by atoms with van der Waals surface area (Å²) in [6.07, 6.45) is 1.29. The minimum absolute atomic E-state index is 0.176. The SMILES string of the molecule is O=C(Nc1cccc(Cn2cnc3ccccc32)c1)C1COCCO1. The van der Waals surface area contributed by atoms with Gasteiger partial charge in [-0.1, -0.05) is 24.3 Å². The maximum Gasteiger partial charge on any atom is 0.255 e. The number of amides is 1.